The second kappa shape index (κ2) is 6.57. The summed E-state index contributed by atoms with van der Waals surface area (Å²) in [4.78, 5) is 22.3. The first-order valence-corrected chi connectivity index (χ1v) is 7.35. The van der Waals surface area contributed by atoms with Gasteiger partial charge in [0, 0.05) is 17.7 Å². The zero-order chi connectivity index (χ0) is 17.0. The number of rotatable bonds is 4. The van der Waals surface area contributed by atoms with E-state index >= 15 is 0 Å². The van der Waals surface area contributed by atoms with Crippen LogP contribution in [0.1, 0.15) is 42.3 Å². The predicted octanol–water partition coefficient (Wildman–Crippen LogP) is 4.79. The van der Waals surface area contributed by atoms with Gasteiger partial charge in [-0.15, -0.1) is 0 Å². The lowest BCUT2D eigenvalue weighted by molar-refractivity contribution is -0.384. The molecule has 0 aliphatic heterocycles. The predicted molar refractivity (Wildman–Crippen MR) is 91.6 cm³/mol. The monoisotopic (exact) mass is 309 g/mol. The summed E-state index contributed by atoms with van der Waals surface area (Å²) in [6.07, 6.45) is 3.15. The summed E-state index contributed by atoms with van der Waals surface area (Å²) in [5, 5.41) is 10.7. The van der Waals surface area contributed by atoms with Crippen LogP contribution in [0, 0.1) is 10.1 Å². The molecule has 0 aliphatic rings. The van der Waals surface area contributed by atoms with Crippen LogP contribution in [0.15, 0.2) is 54.6 Å². The molecule has 23 heavy (non-hydrogen) atoms. The quantitative estimate of drug-likeness (QED) is 0.353. The number of non-ortho nitro benzene ring substituents is 1. The molecular weight excluding hydrogens is 290 g/mol. The van der Waals surface area contributed by atoms with Crippen LogP contribution in [-0.4, -0.2) is 10.7 Å². The molecule has 4 nitrogen and oxygen atoms in total. The minimum atomic E-state index is -0.508. The maximum atomic E-state index is 12.1. The minimum Gasteiger partial charge on any atom is -0.289 e. The fourth-order valence-corrected chi connectivity index (χ4v) is 2.14. The summed E-state index contributed by atoms with van der Waals surface area (Å²) >= 11 is 0. The minimum absolute atomic E-state index is 0.0844. The highest BCUT2D eigenvalue weighted by Gasteiger charge is 2.12. The first-order chi connectivity index (χ1) is 10.8. The number of carbonyl (C=O) groups is 1. The molecule has 0 atom stereocenters. The first-order valence-electron chi connectivity index (χ1n) is 7.35. The van der Waals surface area contributed by atoms with Crippen LogP contribution >= 0.6 is 0 Å². The summed E-state index contributed by atoms with van der Waals surface area (Å²) in [6, 6.07) is 13.7. The molecule has 0 amide bonds. The van der Waals surface area contributed by atoms with Gasteiger partial charge in [-0.1, -0.05) is 63.2 Å². The number of nitro groups is 1. The largest absolute Gasteiger partial charge is 0.289 e. The molecule has 0 aliphatic carbocycles. The zero-order valence-electron chi connectivity index (χ0n) is 13.4. The molecule has 118 valence electrons. The van der Waals surface area contributed by atoms with E-state index in [-0.39, 0.29) is 16.9 Å². The molecule has 4 heteroatoms. The molecule has 0 fully saturated rings. The van der Waals surface area contributed by atoms with Crippen molar-refractivity contribution in [2.45, 2.75) is 26.2 Å². The summed E-state index contributed by atoms with van der Waals surface area (Å²) in [5.41, 5.74) is 2.44. The molecule has 0 bridgehead atoms. The normalized spacial score (nSPS) is 11.6. The summed E-state index contributed by atoms with van der Waals surface area (Å²) in [5.74, 6) is -0.256. The van der Waals surface area contributed by atoms with Crippen molar-refractivity contribution < 1.29 is 9.72 Å². The molecule has 0 N–H and O–H groups in total. The SMILES string of the molecule is CC(C)(C)c1ccc(C=CC(=O)c2cccc([N+](=O)[O-])c2)cc1. The topological polar surface area (TPSA) is 60.2 Å². The maximum Gasteiger partial charge on any atom is 0.270 e. The fourth-order valence-electron chi connectivity index (χ4n) is 2.14. The third-order valence-electron chi connectivity index (χ3n) is 3.55. The average molecular weight is 309 g/mol. The van der Waals surface area contributed by atoms with Gasteiger partial charge < -0.3 is 0 Å². The van der Waals surface area contributed by atoms with Gasteiger partial charge in [0.2, 0.25) is 0 Å². The second-order valence-electron chi connectivity index (χ2n) is 6.38. The van der Waals surface area contributed by atoms with E-state index in [1.807, 2.05) is 24.3 Å². The van der Waals surface area contributed by atoms with E-state index in [0.717, 1.165) is 5.56 Å². The Bertz CT molecular complexity index is 753. The Morgan fingerprint density at radius 2 is 1.74 bits per heavy atom. The molecule has 2 rings (SSSR count). The Hall–Kier alpha value is -2.75. The van der Waals surface area contributed by atoms with Crippen LogP contribution in [0.4, 0.5) is 5.69 Å². The molecule has 2 aromatic carbocycles. The van der Waals surface area contributed by atoms with Crippen LogP contribution < -0.4 is 0 Å². The molecule has 0 heterocycles. The third kappa shape index (κ3) is 4.36. The van der Waals surface area contributed by atoms with Gasteiger partial charge in [-0.3, -0.25) is 14.9 Å². The number of carbonyl (C=O) groups excluding carboxylic acids is 1. The van der Waals surface area contributed by atoms with Gasteiger partial charge in [0.25, 0.3) is 5.69 Å². The Morgan fingerprint density at radius 3 is 2.30 bits per heavy atom. The maximum absolute atomic E-state index is 12.1. The van der Waals surface area contributed by atoms with E-state index in [9.17, 15) is 14.9 Å². The fraction of sp³-hybridized carbons (Fsp3) is 0.211. The number of nitro benzene ring substituents is 1. The number of allylic oxidation sites excluding steroid dienone is 1. The van der Waals surface area contributed by atoms with Crippen molar-refractivity contribution in [3.8, 4) is 0 Å². The molecule has 2 aromatic rings. The smallest absolute Gasteiger partial charge is 0.270 e. The van der Waals surface area contributed by atoms with E-state index in [4.69, 9.17) is 0 Å². The van der Waals surface area contributed by atoms with Crippen LogP contribution in [0.25, 0.3) is 6.08 Å². The summed E-state index contributed by atoms with van der Waals surface area (Å²) < 4.78 is 0. The Morgan fingerprint density at radius 1 is 1.09 bits per heavy atom. The highest BCUT2D eigenvalue weighted by atomic mass is 16.6. The van der Waals surface area contributed by atoms with Gasteiger partial charge in [0.1, 0.15) is 0 Å². The van der Waals surface area contributed by atoms with Gasteiger partial charge in [-0.2, -0.15) is 0 Å². The summed E-state index contributed by atoms with van der Waals surface area (Å²) in [7, 11) is 0. The van der Waals surface area contributed by atoms with Crippen molar-refractivity contribution in [1.29, 1.82) is 0 Å². The lowest BCUT2D eigenvalue weighted by atomic mass is 9.87. The van der Waals surface area contributed by atoms with Crippen molar-refractivity contribution in [1.82, 2.24) is 0 Å². The number of ketones is 1. The van der Waals surface area contributed by atoms with Crippen LogP contribution in [-0.2, 0) is 5.41 Å². The number of nitrogens with zero attached hydrogens (tertiary/aromatic N) is 1. The summed E-state index contributed by atoms with van der Waals surface area (Å²) in [6.45, 7) is 6.43. The Balaban J connectivity index is 2.15. The molecule has 0 saturated heterocycles. The van der Waals surface area contributed by atoms with Gasteiger partial charge >= 0.3 is 0 Å². The average Bonchev–Trinajstić information content (AvgIpc) is 2.52. The van der Waals surface area contributed by atoms with Crippen molar-refractivity contribution in [2.75, 3.05) is 0 Å². The molecule has 0 radical (unpaired) electrons. The Labute approximate surface area is 135 Å². The third-order valence-corrected chi connectivity index (χ3v) is 3.55. The first kappa shape index (κ1) is 16.6. The number of hydrogen-bond donors (Lipinski definition) is 0. The second-order valence-corrected chi connectivity index (χ2v) is 6.38. The molecular formula is C19H19NO3. The number of benzene rings is 2. The number of hydrogen-bond acceptors (Lipinski definition) is 3. The van der Waals surface area contributed by atoms with Gasteiger partial charge in [-0.25, -0.2) is 0 Å². The van der Waals surface area contributed by atoms with Crippen LogP contribution in [0.3, 0.4) is 0 Å². The van der Waals surface area contributed by atoms with E-state index in [0.29, 0.717) is 5.56 Å². The zero-order valence-corrected chi connectivity index (χ0v) is 13.4. The van der Waals surface area contributed by atoms with E-state index in [1.54, 1.807) is 12.1 Å². The standard InChI is InChI=1S/C19H19NO3/c1-19(2,3)16-10-7-14(8-11-16)9-12-18(21)15-5-4-6-17(13-15)20(22)23/h4-13H,1-3H3. The highest BCUT2D eigenvalue weighted by Crippen LogP contribution is 2.22. The van der Waals surface area contributed by atoms with Gasteiger partial charge in [-0.05, 0) is 22.6 Å². The molecule has 0 aromatic heterocycles. The van der Waals surface area contributed by atoms with Crippen molar-refractivity contribution in [2.24, 2.45) is 0 Å². The van der Waals surface area contributed by atoms with Crippen molar-refractivity contribution in [3.05, 3.63) is 81.4 Å². The molecule has 0 saturated carbocycles. The van der Waals surface area contributed by atoms with Crippen LogP contribution in [0.2, 0.25) is 0 Å². The molecule has 0 spiro atoms. The van der Waals surface area contributed by atoms with E-state index in [2.05, 4.69) is 20.8 Å². The van der Waals surface area contributed by atoms with Crippen molar-refractivity contribution in [3.63, 3.8) is 0 Å². The van der Waals surface area contributed by atoms with Gasteiger partial charge in [0.05, 0.1) is 4.92 Å². The lowest BCUT2D eigenvalue weighted by Crippen LogP contribution is -2.10. The van der Waals surface area contributed by atoms with E-state index in [1.165, 1.54) is 29.8 Å². The lowest BCUT2D eigenvalue weighted by Gasteiger charge is -2.18. The van der Waals surface area contributed by atoms with Crippen LogP contribution in [0.5, 0.6) is 0 Å². The van der Waals surface area contributed by atoms with E-state index < -0.39 is 4.92 Å². The van der Waals surface area contributed by atoms with Gasteiger partial charge in [0.15, 0.2) is 5.78 Å². The Kier molecular flexibility index (Phi) is 4.74. The van der Waals surface area contributed by atoms with Crippen molar-refractivity contribution >= 4 is 17.5 Å². The molecule has 0 unspecified atom stereocenters. The highest BCUT2D eigenvalue weighted by molar-refractivity contribution is 6.07.